The van der Waals surface area contributed by atoms with Crippen LogP contribution in [0, 0.1) is 0 Å². The molecule has 0 saturated heterocycles. The average molecular weight is 583 g/mol. The summed E-state index contributed by atoms with van der Waals surface area (Å²) in [6.45, 7) is 5.33. The van der Waals surface area contributed by atoms with Crippen LogP contribution in [-0.2, 0) is 7.05 Å². The van der Waals surface area contributed by atoms with Crippen LogP contribution in [-0.4, -0.2) is 59.8 Å². The zero-order chi connectivity index (χ0) is 29.9. The minimum absolute atomic E-state index is 0.867. The lowest BCUT2D eigenvalue weighted by Crippen LogP contribution is -2.42. The Hall–Kier alpha value is -3.00. The van der Waals surface area contributed by atoms with Crippen molar-refractivity contribution in [3.05, 3.63) is 60.0 Å². The molecule has 0 atom stereocenters. The largest absolute Gasteiger partial charge is 0.673 e. The van der Waals surface area contributed by atoms with Crippen molar-refractivity contribution in [1.29, 1.82) is 0 Å². The molecule has 16 heteroatoms. The van der Waals surface area contributed by atoms with Crippen LogP contribution in [0.25, 0.3) is 11.3 Å². The molecule has 5 nitrogen and oxygen atoms in total. The van der Waals surface area contributed by atoms with Gasteiger partial charge in [0, 0.05) is 23.2 Å². The van der Waals surface area contributed by atoms with E-state index in [1.54, 1.807) is 11.3 Å². The highest BCUT2D eigenvalue weighted by Crippen LogP contribution is 2.26. The highest BCUT2D eigenvalue weighted by Gasteiger charge is 2.21. The number of rotatable bonds is 8. The van der Waals surface area contributed by atoms with E-state index in [0.717, 1.165) is 40.6 Å². The molecule has 0 aliphatic carbocycles. The lowest BCUT2D eigenvalue weighted by molar-refractivity contribution is -0.868. The maximum absolute atomic E-state index is 9.75. The molecule has 3 rings (SSSR count). The maximum Gasteiger partial charge on any atom is 0.673 e. The predicted molar refractivity (Wildman–Crippen MR) is 143 cm³/mol. The molecular formula is C23H31B2F8N5S. The zero-order valence-corrected chi connectivity index (χ0v) is 23.0. The van der Waals surface area contributed by atoms with Gasteiger partial charge in [-0.05, 0) is 47.6 Å². The summed E-state index contributed by atoms with van der Waals surface area (Å²) in [5, 5.41) is 11.9. The third-order valence-electron chi connectivity index (χ3n) is 4.88. The van der Waals surface area contributed by atoms with Crippen LogP contribution in [0.4, 0.5) is 51.0 Å². The van der Waals surface area contributed by atoms with E-state index in [4.69, 9.17) is 0 Å². The molecule has 0 saturated carbocycles. The van der Waals surface area contributed by atoms with Gasteiger partial charge >= 0.3 is 19.6 Å². The van der Waals surface area contributed by atoms with Gasteiger partial charge in [0.15, 0.2) is 0 Å². The van der Waals surface area contributed by atoms with Crippen molar-refractivity contribution < 1.29 is 43.6 Å². The van der Waals surface area contributed by atoms with E-state index in [0.29, 0.717) is 0 Å². The summed E-state index contributed by atoms with van der Waals surface area (Å²) in [6, 6.07) is 18.7. The summed E-state index contributed by atoms with van der Waals surface area (Å²) in [6.07, 6.45) is 0. The minimum Gasteiger partial charge on any atom is -0.418 e. The van der Waals surface area contributed by atoms with Gasteiger partial charge in [0.05, 0.1) is 46.4 Å². The summed E-state index contributed by atoms with van der Waals surface area (Å²) >= 11 is 1.60. The third kappa shape index (κ3) is 15.9. The Morgan fingerprint density at radius 2 is 1.33 bits per heavy atom. The van der Waals surface area contributed by atoms with E-state index in [1.165, 1.54) is 11.3 Å². The second kappa shape index (κ2) is 15.0. The van der Waals surface area contributed by atoms with E-state index in [9.17, 15) is 34.5 Å². The molecule has 0 radical (unpaired) electrons. The van der Waals surface area contributed by atoms with Crippen LogP contribution in [0.3, 0.4) is 0 Å². The number of likely N-dealkylation sites (N-methyl/N-ethyl adjacent to an activating group) is 2. The van der Waals surface area contributed by atoms with E-state index in [1.807, 2.05) is 25.2 Å². The van der Waals surface area contributed by atoms with Crippen molar-refractivity contribution in [3.63, 3.8) is 0 Å². The molecule has 39 heavy (non-hydrogen) atoms. The van der Waals surface area contributed by atoms with Gasteiger partial charge in [-0.25, -0.2) is 4.57 Å². The predicted octanol–water partition coefficient (Wildman–Crippen LogP) is 7.79. The molecule has 1 heterocycles. The van der Waals surface area contributed by atoms with Gasteiger partial charge in [0.1, 0.15) is 11.4 Å². The van der Waals surface area contributed by atoms with E-state index >= 15 is 0 Å². The molecule has 2 aromatic carbocycles. The smallest absolute Gasteiger partial charge is 0.418 e. The van der Waals surface area contributed by atoms with Crippen LogP contribution in [0.5, 0.6) is 0 Å². The fourth-order valence-corrected chi connectivity index (χ4v) is 3.91. The van der Waals surface area contributed by atoms with Gasteiger partial charge < -0.3 is 43.9 Å². The molecule has 0 bridgehead atoms. The third-order valence-corrected chi connectivity index (χ3v) is 5.79. The molecule has 0 aliphatic rings. The standard InChI is InChI=1S/C23H31N5S.2BF4/c1-6-27(16-17-28(3,4)5)21-14-12-20(13-15-21)24-25-23-26(2)22(18-29-23)19-10-8-7-9-11-19;2*2-1(3,4)5/h7-15,18H,6,16-17H2,1-5H3;;/q+2;2*-1. The first-order valence-corrected chi connectivity index (χ1v) is 12.6. The number of benzene rings is 2. The maximum atomic E-state index is 9.75. The molecule has 3 aromatic rings. The van der Waals surface area contributed by atoms with Crippen LogP contribution >= 0.6 is 11.3 Å². The van der Waals surface area contributed by atoms with E-state index in [-0.39, 0.29) is 0 Å². The number of quaternary nitrogens is 1. The lowest BCUT2D eigenvalue weighted by atomic mass is 10.2. The SMILES string of the molecule is CCN(CC[N+](C)(C)C)c1ccc(N=Nc2scc(-c3ccccc3)[n+]2C)cc1.F[B-](F)(F)F.F[B-](F)(F)F. The normalized spacial score (nSPS) is 11.9. The molecule has 0 unspecified atom stereocenters. The number of nitrogens with zero attached hydrogens (tertiary/aromatic N) is 5. The van der Waals surface area contributed by atoms with Crippen LogP contribution in [0.1, 0.15) is 6.92 Å². The quantitative estimate of drug-likeness (QED) is 0.0877. The highest BCUT2D eigenvalue weighted by atomic mass is 32.1. The number of halogens is 8. The molecular weight excluding hydrogens is 552 g/mol. The Morgan fingerprint density at radius 1 is 0.821 bits per heavy atom. The van der Waals surface area contributed by atoms with Crippen molar-refractivity contribution in [3.8, 4) is 11.3 Å². The van der Waals surface area contributed by atoms with Crippen LogP contribution in [0.15, 0.2) is 70.2 Å². The monoisotopic (exact) mass is 583 g/mol. The Labute approximate surface area is 227 Å². The van der Waals surface area contributed by atoms with Gasteiger partial charge in [0.2, 0.25) is 0 Å². The number of thiazole rings is 1. The second-order valence-electron chi connectivity index (χ2n) is 9.13. The van der Waals surface area contributed by atoms with Crippen molar-refractivity contribution in [2.24, 2.45) is 17.3 Å². The highest BCUT2D eigenvalue weighted by molar-refractivity contribution is 7.13. The number of anilines is 1. The summed E-state index contributed by atoms with van der Waals surface area (Å²) in [4.78, 5) is 2.40. The molecule has 1 aromatic heterocycles. The molecule has 0 spiro atoms. The lowest BCUT2D eigenvalue weighted by Gasteiger charge is -2.29. The second-order valence-corrected chi connectivity index (χ2v) is 9.96. The minimum atomic E-state index is -6.00. The summed E-state index contributed by atoms with van der Waals surface area (Å²) in [5.74, 6) is 0. The topological polar surface area (TPSA) is 31.8 Å². The van der Waals surface area contributed by atoms with Crippen molar-refractivity contribution in [2.75, 3.05) is 45.7 Å². The van der Waals surface area contributed by atoms with Gasteiger partial charge in [-0.3, -0.25) is 0 Å². The van der Waals surface area contributed by atoms with Crippen LogP contribution in [0.2, 0.25) is 0 Å². The first-order valence-electron chi connectivity index (χ1n) is 11.7. The summed E-state index contributed by atoms with van der Waals surface area (Å²) < 4.78 is 81.0. The summed E-state index contributed by atoms with van der Waals surface area (Å²) in [5.41, 5.74) is 4.43. The molecule has 0 fully saturated rings. The Morgan fingerprint density at radius 3 is 1.79 bits per heavy atom. The molecule has 0 aliphatic heterocycles. The summed E-state index contributed by atoms with van der Waals surface area (Å²) in [7, 11) is -3.29. The van der Waals surface area contributed by atoms with E-state index < -0.39 is 14.5 Å². The first kappa shape index (κ1) is 34.0. The van der Waals surface area contributed by atoms with Gasteiger partial charge in [-0.2, -0.15) is 0 Å². The zero-order valence-electron chi connectivity index (χ0n) is 22.2. The Kier molecular flexibility index (Phi) is 13.1. The molecule has 0 N–H and O–H groups in total. The fourth-order valence-electron chi connectivity index (χ4n) is 3.05. The number of aromatic nitrogens is 1. The molecule has 216 valence electrons. The van der Waals surface area contributed by atoms with Crippen LogP contribution < -0.4 is 9.47 Å². The van der Waals surface area contributed by atoms with Crippen molar-refractivity contribution in [1.82, 2.24) is 0 Å². The Balaban J connectivity index is 0.000000650. The average Bonchev–Trinajstić information content (AvgIpc) is 3.17. The van der Waals surface area contributed by atoms with Crippen molar-refractivity contribution >= 4 is 42.4 Å². The van der Waals surface area contributed by atoms with Gasteiger partial charge in [0.25, 0.3) is 0 Å². The number of azo groups is 1. The fraction of sp³-hybridized carbons (Fsp3) is 0.348. The van der Waals surface area contributed by atoms with Gasteiger partial charge in [-0.1, -0.05) is 30.3 Å². The van der Waals surface area contributed by atoms with Crippen molar-refractivity contribution in [2.45, 2.75) is 6.92 Å². The van der Waals surface area contributed by atoms with Gasteiger partial charge in [-0.15, -0.1) is 0 Å². The molecule has 0 amide bonds. The Bertz CT molecular complexity index is 1120. The van der Waals surface area contributed by atoms with E-state index in [2.05, 4.69) is 89.5 Å². The number of hydrogen-bond acceptors (Lipinski definition) is 4. The first-order chi connectivity index (χ1) is 17.9. The number of hydrogen-bond donors (Lipinski definition) is 0.